The van der Waals surface area contributed by atoms with Gasteiger partial charge in [0.05, 0.1) is 24.0 Å². The van der Waals surface area contributed by atoms with Crippen molar-refractivity contribution in [3.63, 3.8) is 0 Å². The largest absolute Gasteiger partial charge is 0.464 e. The first-order valence-corrected chi connectivity index (χ1v) is 12.9. The van der Waals surface area contributed by atoms with Gasteiger partial charge in [-0.05, 0) is 69.7 Å². The monoisotopic (exact) mass is 516 g/mol. The summed E-state index contributed by atoms with van der Waals surface area (Å²) in [6.45, 7) is 10.1. The molecule has 0 spiro atoms. The van der Waals surface area contributed by atoms with Gasteiger partial charge < -0.3 is 28.6 Å². The molecule has 3 heterocycles. The van der Waals surface area contributed by atoms with Gasteiger partial charge in [0.25, 0.3) is 5.91 Å². The zero-order chi connectivity index (χ0) is 26.5. The zero-order valence-electron chi connectivity index (χ0n) is 21.8. The second kappa shape index (κ2) is 12.1. The van der Waals surface area contributed by atoms with E-state index in [-0.39, 0.29) is 25.7 Å². The number of benzene rings is 1. The molecule has 2 saturated heterocycles. The van der Waals surface area contributed by atoms with Crippen LogP contribution in [-0.4, -0.2) is 80.5 Å². The zero-order valence-corrected chi connectivity index (χ0v) is 21.8. The van der Waals surface area contributed by atoms with Crippen molar-refractivity contribution < 1.29 is 38.1 Å². The van der Waals surface area contributed by atoms with E-state index in [2.05, 4.69) is 6.58 Å². The molecule has 0 bridgehead atoms. The molecule has 202 valence electrons. The molecule has 3 aliphatic rings. The number of rotatable bonds is 8. The van der Waals surface area contributed by atoms with E-state index in [4.69, 9.17) is 23.7 Å². The minimum Gasteiger partial charge on any atom is -0.464 e. The number of nitrogens with zero attached hydrogens (tertiary/aromatic N) is 2. The van der Waals surface area contributed by atoms with Crippen LogP contribution in [-0.2, 0) is 28.5 Å². The Labute approximate surface area is 217 Å². The van der Waals surface area contributed by atoms with Crippen molar-refractivity contribution in [1.82, 2.24) is 4.90 Å². The number of anilines is 1. The molecule has 10 nitrogen and oxygen atoms in total. The van der Waals surface area contributed by atoms with Gasteiger partial charge in [0, 0.05) is 13.2 Å². The summed E-state index contributed by atoms with van der Waals surface area (Å²) in [6.07, 6.45) is 1.67. The standard InChI is InChI=1S/C27H36N2O8/c1-5-12-35-27(32)29-20-15-18(4)17(3)14-19(20)25(31)28-11-10-21(36-16-22(30)33-6-2)24(28)26(29)37-23-9-7-8-13-34-23/h5,14-15,21,23-24,26H,1,6-13,16H2,2-4H3/t21-,23?,24-,26?/m0/s1. The summed E-state index contributed by atoms with van der Waals surface area (Å²) in [4.78, 5) is 42.6. The molecular weight excluding hydrogens is 480 g/mol. The van der Waals surface area contributed by atoms with Crippen molar-refractivity contribution in [3.8, 4) is 0 Å². The van der Waals surface area contributed by atoms with Crippen LogP contribution in [0.1, 0.15) is 54.1 Å². The van der Waals surface area contributed by atoms with Crippen LogP contribution in [0.2, 0.25) is 0 Å². The highest BCUT2D eigenvalue weighted by atomic mass is 16.7. The molecule has 2 fully saturated rings. The van der Waals surface area contributed by atoms with Crippen molar-refractivity contribution >= 4 is 23.7 Å². The lowest BCUT2D eigenvalue weighted by atomic mass is 10.0. The van der Waals surface area contributed by atoms with Gasteiger partial charge in [-0.3, -0.25) is 4.79 Å². The molecule has 3 aliphatic heterocycles. The van der Waals surface area contributed by atoms with E-state index in [1.54, 1.807) is 17.9 Å². The summed E-state index contributed by atoms with van der Waals surface area (Å²) >= 11 is 0. The van der Waals surface area contributed by atoms with Crippen molar-refractivity contribution in [1.29, 1.82) is 0 Å². The first kappa shape index (κ1) is 27.1. The van der Waals surface area contributed by atoms with Gasteiger partial charge in [-0.1, -0.05) is 12.7 Å². The number of hydrogen-bond donors (Lipinski definition) is 0. The summed E-state index contributed by atoms with van der Waals surface area (Å²) in [5.41, 5.74) is 2.62. The molecule has 2 unspecified atom stereocenters. The average Bonchev–Trinajstić information content (AvgIpc) is 3.28. The third-order valence-corrected chi connectivity index (χ3v) is 6.98. The molecule has 4 rings (SSSR count). The summed E-state index contributed by atoms with van der Waals surface area (Å²) in [5, 5.41) is 0. The third-order valence-electron chi connectivity index (χ3n) is 6.98. The van der Waals surface area contributed by atoms with Gasteiger partial charge in [0.15, 0.2) is 12.5 Å². The number of aryl methyl sites for hydroxylation is 2. The lowest BCUT2D eigenvalue weighted by Crippen LogP contribution is -2.57. The predicted molar refractivity (Wildman–Crippen MR) is 134 cm³/mol. The molecule has 2 amide bonds. The van der Waals surface area contributed by atoms with Crippen molar-refractivity contribution in [2.24, 2.45) is 0 Å². The summed E-state index contributed by atoms with van der Waals surface area (Å²) in [5.74, 6) is -0.728. The van der Waals surface area contributed by atoms with E-state index in [9.17, 15) is 14.4 Å². The highest BCUT2D eigenvalue weighted by Gasteiger charge is 2.52. The third kappa shape index (κ3) is 5.81. The minimum atomic E-state index is -0.970. The maximum absolute atomic E-state index is 13.9. The molecule has 1 aromatic carbocycles. The van der Waals surface area contributed by atoms with E-state index < -0.39 is 36.7 Å². The number of amides is 2. The Morgan fingerprint density at radius 3 is 2.65 bits per heavy atom. The van der Waals surface area contributed by atoms with Gasteiger partial charge >= 0.3 is 12.1 Å². The van der Waals surface area contributed by atoms with Crippen LogP contribution >= 0.6 is 0 Å². The Bertz CT molecular complexity index is 1020. The normalized spacial score (nSPS) is 25.2. The fourth-order valence-corrected chi connectivity index (χ4v) is 5.05. The minimum absolute atomic E-state index is 0.00667. The van der Waals surface area contributed by atoms with Crippen LogP contribution in [0.15, 0.2) is 24.8 Å². The number of carbonyl (C=O) groups is 3. The van der Waals surface area contributed by atoms with Crippen molar-refractivity contribution in [3.05, 3.63) is 41.5 Å². The number of carbonyl (C=O) groups excluding carboxylic acids is 3. The fourth-order valence-electron chi connectivity index (χ4n) is 5.05. The summed E-state index contributed by atoms with van der Waals surface area (Å²) in [6, 6.07) is 2.91. The quantitative estimate of drug-likeness (QED) is 0.382. The molecular formula is C27H36N2O8. The highest BCUT2D eigenvalue weighted by Crippen LogP contribution is 2.39. The van der Waals surface area contributed by atoms with Crippen LogP contribution in [0.5, 0.6) is 0 Å². The molecule has 10 heteroatoms. The average molecular weight is 517 g/mol. The maximum atomic E-state index is 13.9. The van der Waals surface area contributed by atoms with Gasteiger partial charge in [-0.15, -0.1) is 0 Å². The number of esters is 1. The van der Waals surface area contributed by atoms with E-state index in [1.165, 1.54) is 11.0 Å². The second-order valence-electron chi connectivity index (χ2n) is 9.44. The van der Waals surface area contributed by atoms with Gasteiger partial charge in [0.2, 0.25) is 0 Å². The molecule has 0 aliphatic carbocycles. The lowest BCUT2D eigenvalue weighted by Gasteiger charge is -2.39. The molecule has 0 N–H and O–H groups in total. The summed E-state index contributed by atoms with van der Waals surface area (Å²) < 4.78 is 28.8. The van der Waals surface area contributed by atoms with Gasteiger partial charge in [-0.25, -0.2) is 14.5 Å². The SMILES string of the molecule is C=CCOC(=O)N1c2cc(C)c(C)cc2C(=O)N2CC[C@H](OCC(=O)OCC)[C@H]2C1OC1CCCCO1. The van der Waals surface area contributed by atoms with Crippen LogP contribution in [0.4, 0.5) is 10.5 Å². The Balaban J connectivity index is 1.79. The van der Waals surface area contributed by atoms with Gasteiger partial charge in [-0.2, -0.15) is 0 Å². The molecule has 37 heavy (non-hydrogen) atoms. The number of ether oxygens (including phenoxy) is 5. The second-order valence-corrected chi connectivity index (χ2v) is 9.44. The van der Waals surface area contributed by atoms with Crippen molar-refractivity contribution in [2.45, 2.75) is 71.1 Å². The smallest absolute Gasteiger partial charge is 0.416 e. The Morgan fingerprint density at radius 2 is 1.95 bits per heavy atom. The van der Waals surface area contributed by atoms with Gasteiger partial charge in [0.1, 0.15) is 19.3 Å². The molecule has 0 aromatic heterocycles. The first-order valence-electron chi connectivity index (χ1n) is 12.9. The van der Waals surface area contributed by atoms with Crippen LogP contribution in [0.3, 0.4) is 0 Å². The van der Waals surface area contributed by atoms with E-state index in [0.29, 0.717) is 37.2 Å². The van der Waals surface area contributed by atoms with Crippen molar-refractivity contribution in [2.75, 3.05) is 37.9 Å². The highest BCUT2D eigenvalue weighted by molar-refractivity contribution is 6.05. The van der Waals surface area contributed by atoms with Crippen LogP contribution in [0.25, 0.3) is 0 Å². The van der Waals surface area contributed by atoms with Crippen LogP contribution < -0.4 is 4.90 Å². The number of hydrogen-bond acceptors (Lipinski definition) is 8. The van der Waals surface area contributed by atoms with E-state index in [0.717, 1.165) is 24.0 Å². The first-order chi connectivity index (χ1) is 17.8. The molecule has 0 saturated carbocycles. The van der Waals surface area contributed by atoms with E-state index in [1.807, 2.05) is 19.9 Å². The molecule has 0 radical (unpaired) electrons. The number of fused-ring (bicyclic) bond motifs is 2. The predicted octanol–water partition coefficient (Wildman–Crippen LogP) is 3.48. The Morgan fingerprint density at radius 1 is 1.16 bits per heavy atom. The maximum Gasteiger partial charge on any atom is 0.416 e. The van der Waals surface area contributed by atoms with E-state index >= 15 is 0 Å². The lowest BCUT2D eigenvalue weighted by molar-refractivity contribution is -0.202. The fraction of sp³-hybridized carbons (Fsp3) is 0.593. The Hall–Kier alpha value is -2.95. The molecule has 4 atom stereocenters. The van der Waals surface area contributed by atoms with Crippen LogP contribution in [0, 0.1) is 13.8 Å². The summed E-state index contributed by atoms with van der Waals surface area (Å²) in [7, 11) is 0. The Kier molecular flexibility index (Phi) is 8.83. The molecule has 1 aromatic rings. The topological polar surface area (TPSA) is 104 Å².